The zero-order valence-corrected chi connectivity index (χ0v) is 10.8. The third-order valence-corrected chi connectivity index (χ3v) is 3.09. The molecule has 0 spiro atoms. The first-order chi connectivity index (χ1) is 8.70. The molecule has 2 aromatic rings. The second kappa shape index (κ2) is 4.44. The van der Waals surface area contributed by atoms with Gasteiger partial charge in [-0.15, -0.1) is 0 Å². The van der Waals surface area contributed by atoms with Crippen LogP contribution in [0.5, 0.6) is 0 Å². The Kier molecular flexibility index (Phi) is 2.78. The van der Waals surface area contributed by atoms with Crippen LogP contribution in [0.4, 0.5) is 5.95 Å². The fourth-order valence-electron chi connectivity index (χ4n) is 2.05. The quantitative estimate of drug-likeness (QED) is 0.895. The van der Waals surface area contributed by atoms with E-state index in [1.54, 1.807) is 0 Å². The number of pyridine rings is 1. The van der Waals surface area contributed by atoms with Crippen LogP contribution in [0, 0.1) is 13.8 Å². The molecule has 2 heterocycles. The van der Waals surface area contributed by atoms with E-state index in [-0.39, 0.29) is 0 Å². The summed E-state index contributed by atoms with van der Waals surface area (Å²) in [6.45, 7) is 4.82. The molecule has 0 unspecified atom stereocenters. The maximum atomic E-state index is 4.54. The number of imidazole rings is 1. The van der Waals surface area contributed by atoms with E-state index in [2.05, 4.69) is 38.2 Å². The van der Waals surface area contributed by atoms with E-state index < -0.39 is 0 Å². The lowest BCUT2D eigenvalue weighted by Crippen LogP contribution is -2.10. The van der Waals surface area contributed by atoms with Gasteiger partial charge in [-0.3, -0.25) is 4.98 Å². The lowest BCUT2D eigenvalue weighted by atomic mass is 10.3. The van der Waals surface area contributed by atoms with Gasteiger partial charge in [-0.2, -0.15) is 0 Å². The van der Waals surface area contributed by atoms with E-state index in [0.717, 1.165) is 29.6 Å². The van der Waals surface area contributed by atoms with Crippen molar-refractivity contribution in [1.82, 2.24) is 14.5 Å². The summed E-state index contributed by atoms with van der Waals surface area (Å²) in [5.41, 5.74) is 3.18. The molecule has 1 fully saturated rings. The van der Waals surface area contributed by atoms with Crippen molar-refractivity contribution in [2.45, 2.75) is 39.3 Å². The molecule has 94 valence electrons. The van der Waals surface area contributed by atoms with Gasteiger partial charge in [0.2, 0.25) is 5.95 Å². The maximum absolute atomic E-state index is 4.54. The molecule has 0 atom stereocenters. The van der Waals surface area contributed by atoms with Gasteiger partial charge in [0.05, 0.1) is 17.9 Å². The van der Waals surface area contributed by atoms with E-state index >= 15 is 0 Å². The van der Waals surface area contributed by atoms with Crippen LogP contribution in [0.3, 0.4) is 0 Å². The number of hydrogen-bond acceptors (Lipinski definition) is 3. The van der Waals surface area contributed by atoms with Crippen molar-refractivity contribution in [3.05, 3.63) is 41.5 Å². The molecule has 1 N–H and O–H groups in total. The van der Waals surface area contributed by atoms with Crippen LogP contribution in [0.15, 0.2) is 24.4 Å². The highest BCUT2D eigenvalue weighted by Gasteiger charge is 2.23. The van der Waals surface area contributed by atoms with E-state index in [9.17, 15) is 0 Å². The average Bonchev–Trinajstić information content (AvgIpc) is 3.05. The predicted molar refractivity (Wildman–Crippen MR) is 71.7 cm³/mol. The Hall–Kier alpha value is -1.84. The van der Waals surface area contributed by atoms with Gasteiger partial charge < -0.3 is 9.88 Å². The number of nitrogens with zero attached hydrogens (tertiary/aromatic N) is 3. The van der Waals surface area contributed by atoms with Gasteiger partial charge in [0.25, 0.3) is 0 Å². The highest BCUT2D eigenvalue weighted by molar-refractivity contribution is 5.33. The summed E-state index contributed by atoms with van der Waals surface area (Å²) in [5, 5.41) is 3.46. The van der Waals surface area contributed by atoms with Gasteiger partial charge in [-0.25, -0.2) is 4.98 Å². The molecule has 1 saturated carbocycles. The van der Waals surface area contributed by atoms with Crippen LogP contribution >= 0.6 is 0 Å². The summed E-state index contributed by atoms with van der Waals surface area (Å²) in [7, 11) is 0. The molecular formula is C14H18N4. The van der Waals surface area contributed by atoms with Crippen molar-refractivity contribution < 1.29 is 0 Å². The minimum absolute atomic E-state index is 0.621. The number of rotatable bonds is 4. The number of anilines is 1. The standard InChI is InChI=1S/C14H18N4/c1-10-4-3-5-13(15-10)9-18-8-11(2)16-14(18)17-12-6-7-12/h3-5,8,12H,6-7,9H2,1-2H3,(H,16,17). The van der Waals surface area contributed by atoms with Crippen molar-refractivity contribution >= 4 is 5.95 Å². The fraction of sp³-hybridized carbons (Fsp3) is 0.429. The summed E-state index contributed by atoms with van der Waals surface area (Å²) in [6, 6.07) is 6.75. The minimum atomic E-state index is 0.621. The molecule has 1 aliphatic rings. The summed E-state index contributed by atoms with van der Waals surface area (Å²) >= 11 is 0. The third-order valence-electron chi connectivity index (χ3n) is 3.09. The Morgan fingerprint density at radius 1 is 1.22 bits per heavy atom. The first-order valence-electron chi connectivity index (χ1n) is 6.43. The van der Waals surface area contributed by atoms with Crippen LogP contribution in [0.2, 0.25) is 0 Å². The monoisotopic (exact) mass is 242 g/mol. The lowest BCUT2D eigenvalue weighted by molar-refractivity contribution is 0.769. The molecule has 18 heavy (non-hydrogen) atoms. The van der Waals surface area contributed by atoms with Crippen LogP contribution in [0.1, 0.15) is 29.9 Å². The zero-order chi connectivity index (χ0) is 12.5. The maximum Gasteiger partial charge on any atom is 0.203 e. The van der Waals surface area contributed by atoms with Crippen LogP contribution in [-0.2, 0) is 6.54 Å². The first kappa shape index (κ1) is 11.3. The molecule has 0 saturated heterocycles. The van der Waals surface area contributed by atoms with Gasteiger partial charge in [0.1, 0.15) is 0 Å². The molecule has 0 aromatic carbocycles. The Labute approximate surface area is 107 Å². The minimum Gasteiger partial charge on any atom is -0.353 e. The Morgan fingerprint density at radius 2 is 2.06 bits per heavy atom. The highest BCUT2D eigenvalue weighted by atomic mass is 15.2. The van der Waals surface area contributed by atoms with Crippen molar-refractivity contribution in [2.75, 3.05) is 5.32 Å². The van der Waals surface area contributed by atoms with E-state index in [4.69, 9.17) is 0 Å². The summed E-state index contributed by atoms with van der Waals surface area (Å²) in [5.74, 6) is 0.971. The van der Waals surface area contributed by atoms with E-state index in [1.807, 2.05) is 19.9 Å². The topological polar surface area (TPSA) is 42.7 Å². The van der Waals surface area contributed by atoms with Gasteiger partial charge in [-0.1, -0.05) is 6.07 Å². The Balaban J connectivity index is 1.82. The van der Waals surface area contributed by atoms with Crippen LogP contribution in [0.25, 0.3) is 0 Å². The molecule has 1 aliphatic carbocycles. The molecule has 0 radical (unpaired) electrons. The average molecular weight is 242 g/mol. The normalized spacial score (nSPS) is 14.8. The summed E-state index contributed by atoms with van der Waals surface area (Å²) in [4.78, 5) is 9.07. The van der Waals surface area contributed by atoms with Gasteiger partial charge in [0, 0.05) is 17.9 Å². The summed E-state index contributed by atoms with van der Waals surface area (Å²) < 4.78 is 2.15. The number of aromatic nitrogens is 3. The second-order valence-electron chi connectivity index (χ2n) is 5.02. The highest BCUT2D eigenvalue weighted by Crippen LogP contribution is 2.24. The second-order valence-corrected chi connectivity index (χ2v) is 5.02. The molecule has 0 bridgehead atoms. The lowest BCUT2D eigenvalue weighted by Gasteiger charge is -2.08. The smallest absolute Gasteiger partial charge is 0.203 e. The number of nitrogens with one attached hydrogen (secondary N) is 1. The molecular weight excluding hydrogens is 224 g/mol. The van der Waals surface area contributed by atoms with Crippen LogP contribution < -0.4 is 5.32 Å². The molecule has 4 heteroatoms. The number of aryl methyl sites for hydroxylation is 2. The van der Waals surface area contributed by atoms with E-state index in [1.165, 1.54) is 12.8 Å². The molecule has 4 nitrogen and oxygen atoms in total. The molecule has 0 amide bonds. The molecule has 0 aliphatic heterocycles. The largest absolute Gasteiger partial charge is 0.353 e. The van der Waals surface area contributed by atoms with Crippen molar-refractivity contribution in [1.29, 1.82) is 0 Å². The van der Waals surface area contributed by atoms with Crippen molar-refractivity contribution in [2.24, 2.45) is 0 Å². The Bertz CT molecular complexity index is 555. The van der Waals surface area contributed by atoms with Gasteiger partial charge >= 0.3 is 0 Å². The first-order valence-corrected chi connectivity index (χ1v) is 6.43. The van der Waals surface area contributed by atoms with Crippen molar-refractivity contribution in [3.63, 3.8) is 0 Å². The number of hydrogen-bond donors (Lipinski definition) is 1. The fourth-order valence-corrected chi connectivity index (χ4v) is 2.05. The predicted octanol–water partition coefficient (Wildman–Crippen LogP) is 2.52. The SMILES string of the molecule is Cc1cccc(Cn2cc(C)nc2NC2CC2)n1. The van der Waals surface area contributed by atoms with Crippen molar-refractivity contribution in [3.8, 4) is 0 Å². The van der Waals surface area contributed by atoms with E-state index in [0.29, 0.717) is 6.04 Å². The molecule has 2 aromatic heterocycles. The zero-order valence-electron chi connectivity index (χ0n) is 10.8. The third kappa shape index (κ3) is 2.53. The van der Waals surface area contributed by atoms with Crippen LogP contribution in [-0.4, -0.2) is 20.6 Å². The Morgan fingerprint density at radius 3 is 2.78 bits per heavy atom. The van der Waals surface area contributed by atoms with Gasteiger partial charge in [0.15, 0.2) is 0 Å². The molecule has 3 rings (SSSR count). The van der Waals surface area contributed by atoms with Gasteiger partial charge in [-0.05, 0) is 38.8 Å². The summed E-state index contributed by atoms with van der Waals surface area (Å²) in [6.07, 6.45) is 4.60.